The Balaban J connectivity index is 1.26. The molecule has 0 aromatic carbocycles. The van der Waals surface area contributed by atoms with Gasteiger partial charge >= 0.3 is 0 Å². The topological polar surface area (TPSA) is 68.3 Å². The molecule has 1 saturated heterocycles. The van der Waals surface area contributed by atoms with E-state index in [0.717, 1.165) is 43.7 Å². The molecule has 7 heteroatoms. The second-order valence-corrected chi connectivity index (χ2v) is 8.19. The van der Waals surface area contributed by atoms with Crippen LogP contribution in [-0.2, 0) is 6.54 Å². The molecule has 1 atom stereocenters. The maximum Gasteiger partial charge on any atom is 0.257 e. The molecule has 7 nitrogen and oxygen atoms in total. The van der Waals surface area contributed by atoms with Crippen molar-refractivity contribution in [3.8, 4) is 0 Å². The van der Waals surface area contributed by atoms with Gasteiger partial charge in [0.05, 0.1) is 23.0 Å². The molecule has 3 aromatic heterocycles. The molecule has 4 heterocycles. The third-order valence-electron chi connectivity index (χ3n) is 6.24. The summed E-state index contributed by atoms with van der Waals surface area (Å²) in [7, 11) is 0. The lowest BCUT2D eigenvalue weighted by Crippen LogP contribution is -2.41. The highest BCUT2D eigenvalue weighted by Crippen LogP contribution is 2.32. The SMILES string of the molecule is O=C(c1cnn2ccccc12)N1CCCC(Cn2cc(C3CCCC3)nn2)C1. The van der Waals surface area contributed by atoms with Gasteiger partial charge in [-0.05, 0) is 43.7 Å². The van der Waals surface area contributed by atoms with Crippen LogP contribution in [0.3, 0.4) is 0 Å². The normalized spacial score (nSPS) is 20.9. The van der Waals surface area contributed by atoms with Crippen LogP contribution in [0.1, 0.15) is 60.5 Å². The number of piperidine rings is 1. The first-order valence-electron chi connectivity index (χ1n) is 10.4. The molecule has 0 spiro atoms. The third kappa shape index (κ3) is 3.30. The molecule has 2 aliphatic rings. The second-order valence-electron chi connectivity index (χ2n) is 8.19. The summed E-state index contributed by atoms with van der Waals surface area (Å²) in [6.07, 6.45) is 12.9. The molecule has 1 saturated carbocycles. The molecule has 0 radical (unpaired) electrons. The van der Waals surface area contributed by atoms with Crippen LogP contribution in [0, 0.1) is 5.92 Å². The van der Waals surface area contributed by atoms with E-state index in [1.807, 2.05) is 34.0 Å². The summed E-state index contributed by atoms with van der Waals surface area (Å²) >= 11 is 0. The maximum absolute atomic E-state index is 13.1. The molecule has 1 aliphatic heterocycles. The number of likely N-dealkylation sites (tertiary alicyclic amines) is 1. The highest BCUT2D eigenvalue weighted by atomic mass is 16.2. The molecule has 28 heavy (non-hydrogen) atoms. The minimum Gasteiger partial charge on any atom is -0.338 e. The fraction of sp³-hybridized carbons (Fsp3) is 0.524. The van der Waals surface area contributed by atoms with Crippen LogP contribution in [0.25, 0.3) is 5.52 Å². The van der Waals surface area contributed by atoms with E-state index in [1.165, 1.54) is 25.7 Å². The van der Waals surface area contributed by atoms with Crippen molar-refractivity contribution in [3.05, 3.63) is 48.0 Å². The number of carbonyl (C=O) groups is 1. The monoisotopic (exact) mass is 378 g/mol. The van der Waals surface area contributed by atoms with Crippen molar-refractivity contribution >= 4 is 11.4 Å². The number of aromatic nitrogens is 5. The predicted molar refractivity (Wildman–Crippen MR) is 105 cm³/mol. The Labute approximate surface area is 164 Å². The zero-order valence-corrected chi connectivity index (χ0v) is 16.1. The van der Waals surface area contributed by atoms with Gasteiger partial charge in [0, 0.05) is 37.9 Å². The fourth-order valence-corrected chi connectivity index (χ4v) is 4.74. The van der Waals surface area contributed by atoms with E-state index in [1.54, 1.807) is 10.7 Å². The van der Waals surface area contributed by atoms with Gasteiger partial charge in [0.2, 0.25) is 0 Å². The molecule has 2 fully saturated rings. The van der Waals surface area contributed by atoms with E-state index in [2.05, 4.69) is 21.6 Å². The van der Waals surface area contributed by atoms with E-state index in [0.29, 0.717) is 17.4 Å². The summed E-state index contributed by atoms with van der Waals surface area (Å²) in [4.78, 5) is 15.1. The average molecular weight is 378 g/mol. The first kappa shape index (κ1) is 17.4. The summed E-state index contributed by atoms with van der Waals surface area (Å²) in [5, 5.41) is 13.1. The van der Waals surface area contributed by atoms with E-state index >= 15 is 0 Å². The Kier molecular flexibility index (Phi) is 4.58. The average Bonchev–Trinajstić information content (AvgIpc) is 3.48. The van der Waals surface area contributed by atoms with Crippen molar-refractivity contribution in [1.29, 1.82) is 0 Å². The highest BCUT2D eigenvalue weighted by Gasteiger charge is 2.27. The smallest absolute Gasteiger partial charge is 0.257 e. The summed E-state index contributed by atoms with van der Waals surface area (Å²) in [5.74, 6) is 1.09. The van der Waals surface area contributed by atoms with Gasteiger partial charge in [-0.1, -0.05) is 24.1 Å². The summed E-state index contributed by atoms with van der Waals surface area (Å²) < 4.78 is 3.75. The standard InChI is InChI=1S/C21H26N6O/c28-21(18-12-22-27-11-4-3-9-20(18)27)25-10-5-6-16(13-25)14-26-15-19(23-24-26)17-7-1-2-8-17/h3-4,9,11-12,15-17H,1-2,5-8,10,13-14H2. The van der Waals surface area contributed by atoms with Gasteiger partial charge in [-0.25, -0.2) is 4.52 Å². The van der Waals surface area contributed by atoms with Crippen LogP contribution in [-0.4, -0.2) is 48.5 Å². The first-order chi connectivity index (χ1) is 13.8. The summed E-state index contributed by atoms with van der Waals surface area (Å²) in [5.41, 5.74) is 2.70. The molecule has 0 bridgehead atoms. The summed E-state index contributed by atoms with van der Waals surface area (Å²) in [6, 6.07) is 5.81. The maximum atomic E-state index is 13.1. The Morgan fingerprint density at radius 3 is 2.93 bits per heavy atom. The van der Waals surface area contributed by atoms with Crippen LogP contribution in [0.2, 0.25) is 0 Å². The molecule has 0 N–H and O–H groups in total. The van der Waals surface area contributed by atoms with Crippen molar-refractivity contribution in [3.63, 3.8) is 0 Å². The number of rotatable bonds is 4. The second kappa shape index (κ2) is 7.37. The summed E-state index contributed by atoms with van der Waals surface area (Å²) in [6.45, 7) is 2.41. The lowest BCUT2D eigenvalue weighted by Gasteiger charge is -2.32. The van der Waals surface area contributed by atoms with Crippen LogP contribution in [0.4, 0.5) is 0 Å². The number of amides is 1. The Morgan fingerprint density at radius 2 is 2.04 bits per heavy atom. The fourth-order valence-electron chi connectivity index (χ4n) is 4.74. The number of nitrogens with zero attached hydrogens (tertiary/aromatic N) is 6. The van der Waals surface area contributed by atoms with Crippen molar-refractivity contribution < 1.29 is 4.79 Å². The van der Waals surface area contributed by atoms with Crippen LogP contribution < -0.4 is 0 Å². The predicted octanol–water partition coefficient (Wildman–Crippen LogP) is 3.14. The number of hydrogen-bond acceptors (Lipinski definition) is 4. The van der Waals surface area contributed by atoms with E-state index < -0.39 is 0 Å². The molecular formula is C21H26N6O. The zero-order chi connectivity index (χ0) is 18.9. The minimum absolute atomic E-state index is 0.0798. The van der Waals surface area contributed by atoms with Crippen molar-refractivity contribution in [2.75, 3.05) is 13.1 Å². The van der Waals surface area contributed by atoms with Gasteiger partial charge < -0.3 is 4.90 Å². The van der Waals surface area contributed by atoms with Crippen molar-refractivity contribution in [2.24, 2.45) is 5.92 Å². The number of hydrogen-bond donors (Lipinski definition) is 0. The van der Waals surface area contributed by atoms with Crippen LogP contribution >= 0.6 is 0 Å². The number of pyridine rings is 1. The van der Waals surface area contributed by atoms with Gasteiger partial charge in [-0.3, -0.25) is 9.48 Å². The molecule has 1 amide bonds. The van der Waals surface area contributed by atoms with Gasteiger partial charge in [-0.15, -0.1) is 5.10 Å². The molecule has 1 aliphatic carbocycles. The third-order valence-corrected chi connectivity index (χ3v) is 6.24. The van der Waals surface area contributed by atoms with E-state index in [-0.39, 0.29) is 5.91 Å². The zero-order valence-electron chi connectivity index (χ0n) is 16.1. The molecular weight excluding hydrogens is 352 g/mol. The van der Waals surface area contributed by atoms with Crippen LogP contribution in [0.15, 0.2) is 36.8 Å². The van der Waals surface area contributed by atoms with Crippen LogP contribution in [0.5, 0.6) is 0 Å². The quantitative estimate of drug-likeness (QED) is 0.699. The Hall–Kier alpha value is -2.70. The van der Waals surface area contributed by atoms with Gasteiger partial charge in [0.25, 0.3) is 5.91 Å². The van der Waals surface area contributed by atoms with E-state index in [4.69, 9.17) is 0 Å². The lowest BCUT2D eigenvalue weighted by atomic mass is 9.97. The number of carbonyl (C=O) groups excluding carboxylic acids is 1. The van der Waals surface area contributed by atoms with Crippen molar-refractivity contribution in [1.82, 2.24) is 29.5 Å². The first-order valence-corrected chi connectivity index (χ1v) is 10.4. The number of fused-ring (bicyclic) bond motifs is 1. The molecule has 5 rings (SSSR count). The van der Waals surface area contributed by atoms with Gasteiger partial charge in [-0.2, -0.15) is 5.10 Å². The largest absolute Gasteiger partial charge is 0.338 e. The van der Waals surface area contributed by atoms with Gasteiger partial charge in [0.15, 0.2) is 0 Å². The molecule has 146 valence electrons. The van der Waals surface area contributed by atoms with Gasteiger partial charge in [0.1, 0.15) is 0 Å². The highest BCUT2D eigenvalue weighted by molar-refractivity contribution is 6.00. The lowest BCUT2D eigenvalue weighted by molar-refractivity contribution is 0.0661. The Morgan fingerprint density at radius 1 is 1.14 bits per heavy atom. The minimum atomic E-state index is 0.0798. The van der Waals surface area contributed by atoms with E-state index in [9.17, 15) is 4.79 Å². The van der Waals surface area contributed by atoms with Crippen molar-refractivity contribution in [2.45, 2.75) is 51.0 Å². The molecule has 1 unspecified atom stereocenters. The Bertz CT molecular complexity index is 970. The molecule has 3 aromatic rings.